The van der Waals surface area contributed by atoms with Crippen molar-refractivity contribution in [2.45, 2.75) is 26.4 Å². The van der Waals surface area contributed by atoms with Crippen molar-refractivity contribution in [2.75, 3.05) is 11.4 Å². The topological polar surface area (TPSA) is 23.5 Å². The summed E-state index contributed by atoms with van der Waals surface area (Å²) in [5.41, 5.74) is 6.17. The van der Waals surface area contributed by atoms with Crippen LogP contribution in [0.1, 0.15) is 23.1 Å². The lowest BCUT2D eigenvalue weighted by Gasteiger charge is -2.32. The first-order valence-electron chi connectivity index (χ1n) is 6.95. The molecule has 2 aromatic carbocycles. The number of hydrogen-bond donors (Lipinski definition) is 1. The van der Waals surface area contributed by atoms with Crippen molar-refractivity contribution in [1.82, 2.24) is 0 Å². The zero-order valence-corrected chi connectivity index (χ0v) is 13.2. The van der Waals surface area contributed by atoms with Gasteiger partial charge in [0.05, 0.1) is 6.61 Å². The van der Waals surface area contributed by atoms with E-state index in [0.717, 1.165) is 23.0 Å². The molecule has 0 aliphatic carbocycles. The van der Waals surface area contributed by atoms with E-state index in [9.17, 15) is 5.11 Å². The standard InChI is InChI=1S/C17H18BrNO/c1-12-4-7-17-13(9-12)3-2-8-19(17)15-6-5-14(11-20)16(18)10-15/h4-7,9-10,20H,2-3,8,11H2,1H3. The quantitative estimate of drug-likeness (QED) is 0.885. The molecule has 0 saturated heterocycles. The van der Waals surface area contributed by atoms with E-state index in [-0.39, 0.29) is 6.61 Å². The van der Waals surface area contributed by atoms with Crippen molar-refractivity contribution in [3.63, 3.8) is 0 Å². The molecule has 0 saturated carbocycles. The Bertz CT molecular complexity index is 639. The van der Waals surface area contributed by atoms with Gasteiger partial charge >= 0.3 is 0 Å². The minimum atomic E-state index is 0.0661. The Morgan fingerprint density at radius 3 is 2.80 bits per heavy atom. The highest BCUT2D eigenvalue weighted by Gasteiger charge is 2.18. The maximum atomic E-state index is 9.26. The Balaban J connectivity index is 2.02. The number of nitrogens with zero attached hydrogens (tertiary/aromatic N) is 1. The maximum absolute atomic E-state index is 9.26. The van der Waals surface area contributed by atoms with Crippen molar-refractivity contribution in [1.29, 1.82) is 0 Å². The van der Waals surface area contributed by atoms with Gasteiger partial charge in [-0.3, -0.25) is 0 Å². The summed E-state index contributed by atoms with van der Waals surface area (Å²) in [4.78, 5) is 2.37. The molecule has 0 unspecified atom stereocenters. The number of aliphatic hydroxyl groups is 1. The van der Waals surface area contributed by atoms with Gasteiger partial charge in [0.1, 0.15) is 0 Å². The molecule has 0 fully saturated rings. The van der Waals surface area contributed by atoms with E-state index in [0.29, 0.717) is 0 Å². The molecule has 3 heteroatoms. The average molecular weight is 332 g/mol. The fraction of sp³-hybridized carbons (Fsp3) is 0.294. The molecule has 0 amide bonds. The molecule has 0 atom stereocenters. The van der Waals surface area contributed by atoms with Gasteiger partial charge in [0.2, 0.25) is 0 Å². The Morgan fingerprint density at radius 2 is 2.05 bits per heavy atom. The summed E-state index contributed by atoms with van der Waals surface area (Å²) in [6, 6.07) is 12.9. The second-order valence-electron chi connectivity index (χ2n) is 5.32. The number of hydrogen-bond acceptors (Lipinski definition) is 2. The third-order valence-corrected chi connectivity index (χ3v) is 4.61. The number of aliphatic hydroxyl groups excluding tert-OH is 1. The highest BCUT2D eigenvalue weighted by Crippen LogP contribution is 2.35. The van der Waals surface area contributed by atoms with E-state index in [1.807, 2.05) is 6.07 Å². The molecule has 1 aliphatic rings. The fourth-order valence-electron chi connectivity index (χ4n) is 2.83. The lowest BCUT2D eigenvalue weighted by molar-refractivity contribution is 0.281. The molecule has 0 bridgehead atoms. The van der Waals surface area contributed by atoms with Gasteiger partial charge in [0.15, 0.2) is 0 Å². The lowest BCUT2D eigenvalue weighted by atomic mass is 9.99. The number of anilines is 2. The van der Waals surface area contributed by atoms with Crippen LogP contribution in [0.25, 0.3) is 0 Å². The minimum absolute atomic E-state index is 0.0661. The molecule has 0 radical (unpaired) electrons. The zero-order chi connectivity index (χ0) is 14.1. The molecule has 104 valence electrons. The van der Waals surface area contributed by atoms with Crippen LogP contribution in [-0.4, -0.2) is 11.7 Å². The van der Waals surface area contributed by atoms with Crippen molar-refractivity contribution in [3.05, 3.63) is 57.6 Å². The van der Waals surface area contributed by atoms with Crippen LogP contribution in [0, 0.1) is 6.92 Å². The maximum Gasteiger partial charge on any atom is 0.0692 e. The number of aryl methyl sites for hydroxylation is 2. The van der Waals surface area contributed by atoms with Crippen molar-refractivity contribution in [2.24, 2.45) is 0 Å². The van der Waals surface area contributed by atoms with Gasteiger partial charge in [-0.25, -0.2) is 0 Å². The summed E-state index contributed by atoms with van der Waals surface area (Å²) in [5, 5.41) is 9.26. The Kier molecular flexibility index (Phi) is 3.81. The molecule has 0 aromatic heterocycles. The molecule has 2 aromatic rings. The Morgan fingerprint density at radius 1 is 1.20 bits per heavy atom. The van der Waals surface area contributed by atoms with E-state index >= 15 is 0 Å². The first-order valence-corrected chi connectivity index (χ1v) is 7.74. The second-order valence-corrected chi connectivity index (χ2v) is 6.18. The zero-order valence-electron chi connectivity index (χ0n) is 11.6. The molecule has 0 spiro atoms. The van der Waals surface area contributed by atoms with E-state index in [4.69, 9.17) is 0 Å². The third kappa shape index (κ3) is 2.48. The van der Waals surface area contributed by atoms with Crippen LogP contribution < -0.4 is 4.90 Å². The summed E-state index contributed by atoms with van der Waals surface area (Å²) in [5.74, 6) is 0. The Labute approximate surface area is 128 Å². The first kappa shape index (κ1) is 13.7. The molecule has 20 heavy (non-hydrogen) atoms. The lowest BCUT2D eigenvalue weighted by Crippen LogP contribution is -2.24. The molecular weight excluding hydrogens is 314 g/mol. The monoisotopic (exact) mass is 331 g/mol. The van der Waals surface area contributed by atoms with Crippen LogP contribution >= 0.6 is 15.9 Å². The number of fused-ring (bicyclic) bond motifs is 1. The highest BCUT2D eigenvalue weighted by atomic mass is 79.9. The van der Waals surface area contributed by atoms with Crippen LogP contribution in [-0.2, 0) is 13.0 Å². The van der Waals surface area contributed by atoms with Gasteiger partial charge in [-0.2, -0.15) is 0 Å². The fourth-order valence-corrected chi connectivity index (χ4v) is 3.32. The van der Waals surface area contributed by atoms with E-state index in [1.165, 1.54) is 28.9 Å². The SMILES string of the molecule is Cc1ccc2c(c1)CCCN2c1ccc(CO)c(Br)c1. The van der Waals surface area contributed by atoms with Crippen LogP contribution in [0.3, 0.4) is 0 Å². The van der Waals surface area contributed by atoms with Crippen LogP contribution in [0.15, 0.2) is 40.9 Å². The molecule has 1 aliphatic heterocycles. The van der Waals surface area contributed by atoms with Crippen LogP contribution in [0.4, 0.5) is 11.4 Å². The predicted molar refractivity (Wildman–Crippen MR) is 86.6 cm³/mol. The van der Waals surface area contributed by atoms with Gasteiger partial charge in [0, 0.05) is 22.4 Å². The highest BCUT2D eigenvalue weighted by molar-refractivity contribution is 9.10. The van der Waals surface area contributed by atoms with Crippen molar-refractivity contribution in [3.8, 4) is 0 Å². The number of halogens is 1. The summed E-state index contributed by atoms with van der Waals surface area (Å²) in [6.45, 7) is 3.25. The second kappa shape index (κ2) is 5.58. The molecule has 2 nitrogen and oxygen atoms in total. The van der Waals surface area contributed by atoms with Gasteiger partial charge in [0.25, 0.3) is 0 Å². The smallest absolute Gasteiger partial charge is 0.0692 e. The van der Waals surface area contributed by atoms with Gasteiger partial charge < -0.3 is 10.0 Å². The van der Waals surface area contributed by atoms with E-state index in [1.54, 1.807) is 0 Å². The summed E-state index contributed by atoms with van der Waals surface area (Å²) >= 11 is 3.54. The van der Waals surface area contributed by atoms with E-state index < -0.39 is 0 Å². The molecular formula is C17H18BrNO. The first-order chi connectivity index (χ1) is 9.69. The molecule has 1 N–H and O–H groups in total. The summed E-state index contributed by atoms with van der Waals surface area (Å²) in [7, 11) is 0. The van der Waals surface area contributed by atoms with Crippen LogP contribution in [0.2, 0.25) is 0 Å². The number of rotatable bonds is 2. The molecule has 3 rings (SSSR count). The Hall–Kier alpha value is -1.32. The van der Waals surface area contributed by atoms with Crippen molar-refractivity contribution < 1.29 is 5.11 Å². The third-order valence-electron chi connectivity index (χ3n) is 3.87. The average Bonchev–Trinajstić information content (AvgIpc) is 2.46. The van der Waals surface area contributed by atoms with Gasteiger partial charge in [-0.15, -0.1) is 0 Å². The number of benzene rings is 2. The molecule has 1 heterocycles. The summed E-state index contributed by atoms with van der Waals surface area (Å²) < 4.78 is 0.969. The van der Waals surface area contributed by atoms with Crippen LogP contribution in [0.5, 0.6) is 0 Å². The van der Waals surface area contributed by atoms with Gasteiger partial charge in [-0.1, -0.05) is 39.7 Å². The largest absolute Gasteiger partial charge is 0.392 e. The summed E-state index contributed by atoms with van der Waals surface area (Å²) in [6.07, 6.45) is 2.33. The predicted octanol–water partition coefficient (Wildman–Crippen LogP) is 4.33. The van der Waals surface area contributed by atoms with Crippen molar-refractivity contribution >= 4 is 27.3 Å². The normalized spacial score (nSPS) is 14.2. The van der Waals surface area contributed by atoms with Gasteiger partial charge in [-0.05, 0) is 49.1 Å². The minimum Gasteiger partial charge on any atom is -0.392 e. The van der Waals surface area contributed by atoms with E-state index in [2.05, 4.69) is 58.1 Å².